The number of rotatable bonds is 3. The molecule has 0 amide bonds. The maximum atomic E-state index is 5.50. The lowest BCUT2D eigenvalue weighted by Gasteiger charge is -2.34. The highest BCUT2D eigenvalue weighted by Gasteiger charge is 2.34. The molecule has 0 radical (unpaired) electrons. The van der Waals surface area contributed by atoms with Crippen molar-refractivity contribution < 1.29 is 0 Å². The molecule has 1 aromatic heterocycles. The van der Waals surface area contributed by atoms with Gasteiger partial charge < -0.3 is 5.32 Å². The minimum atomic E-state index is 0.135. The van der Waals surface area contributed by atoms with E-state index in [-0.39, 0.29) is 12.0 Å². The summed E-state index contributed by atoms with van der Waals surface area (Å²) in [7, 11) is 0. The van der Waals surface area contributed by atoms with Crippen molar-refractivity contribution >= 4 is 28.6 Å². The summed E-state index contributed by atoms with van der Waals surface area (Å²) in [6, 6.07) is 40.3. The first-order chi connectivity index (χ1) is 24.3. The van der Waals surface area contributed by atoms with Crippen LogP contribution in [-0.4, -0.2) is 4.98 Å². The average molecular weight is 627 g/mol. The molecule has 2 heteroatoms. The van der Waals surface area contributed by atoms with Crippen LogP contribution in [0.25, 0.3) is 56.4 Å². The van der Waals surface area contributed by atoms with Gasteiger partial charge in [-0.3, -0.25) is 4.98 Å². The van der Waals surface area contributed by atoms with Crippen LogP contribution in [0.1, 0.15) is 51.4 Å². The molecule has 0 saturated heterocycles. The number of benzene rings is 5. The zero-order chi connectivity index (χ0) is 32.3. The summed E-state index contributed by atoms with van der Waals surface area (Å²) in [5.41, 5.74) is 16.2. The molecule has 3 unspecified atom stereocenters. The van der Waals surface area contributed by atoms with Crippen LogP contribution in [0.15, 0.2) is 158 Å². The van der Waals surface area contributed by atoms with Gasteiger partial charge in [0.1, 0.15) is 0 Å². The number of hydrogen-bond donors (Lipinski definition) is 1. The summed E-state index contributed by atoms with van der Waals surface area (Å²) < 4.78 is 0. The maximum Gasteiger partial charge on any atom is 0.0784 e. The second-order valence-electron chi connectivity index (χ2n) is 13.4. The van der Waals surface area contributed by atoms with E-state index < -0.39 is 0 Å². The molecule has 0 fully saturated rings. The minimum absolute atomic E-state index is 0.135. The van der Waals surface area contributed by atoms with Crippen molar-refractivity contribution in [3.63, 3.8) is 0 Å². The molecule has 10 rings (SSSR count). The van der Waals surface area contributed by atoms with Crippen LogP contribution in [0.4, 0.5) is 5.69 Å². The van der Waals surface area contributed by atoms with E-state index in [1.807, 2.05) is 0 Å². The van der Waals surface area contributed by atoms with Gasteiger partial charge in [-0.1, -0.05) is 170 Å². The molecular formula is C47H34N2. The molecule has 6 aromatic rings. The lowest BCUT2D eigenvalue weighted by Crippen LogP contribution is -2.18. The van der Waals surface area contributed by atoms with E-state index in [9.17, 15) is 0 Å². The highest BCUT2D eigenvalue weighted by Crippen LogP contribution is 2.52. The van der Waals surface area contributed by atoms with Gasteiger partial charge in [0.05, 0.1) is 17.4 Å². The molecule has 5 aromatic carbocycles. The molecule has 3 aliphatic carbocycles. The number of fused-ring (bicyclic) bond motifs is 11. The van der Waals surface area contributed by atoms with Gasteiger partial charge in [-0.05, 0) is 56.3 Å². The van der Waals surface area contributed by atoms with E-state index in [1.165, 1.54) is 72.2 Å². The molecule has 1 aliphatic heterocycles. The van der Waals surface area contributed by atoms with Crippen LogP contribution < -0.4 is 5.32 Å². The third-order valence-corrected chi connectivity index (χ3v) is 10.7. The second-order valence-corrected chi connectivity index (χ2v) is 13.4. The van der Waals surface area contributed by atoms with Gasteiger partial charge in [0.15, 0.2) is 0 Å². The second kappa shape index (κ2) is 11.3. The third-order valence-electron chi connectivity index (χ3n) is 10.7. The highest BCUT2D eigenvalue weighted by atomic mass is 14.9. The Morgan fingerprint density at radius 1 is 0.571 bits per heavy atom. The molecule has 232 valence electrons. The summed E-state index contributed by atoms with van der Waals surface area (Å²) >= 11 is 0. The number of nitrogens with zero attached hydrogens (tertiary/aromatic N) is 1. The molecule has 0 saturated carbocycles. The Labute approximate surface area is 287 Å². The van der Waals surface area contributed by atoms with Crippen molar-refractivity contribution in [1.82, 2.24) is 4.98 Å². The van der Waals surface area contributed by atoms with Crippen molar-refractivity contribution in [2.24, 2.45) is 0 Å². The number of nitrogens with one attached hydrogen (secondary N) is 1. The Balaban J connectivity index is 0.975. The van der Waals surface area contributed by atoms with E-state index in [0.717, 1.165) is 17.7 Å². The number of allylic oxidation sites excluding steroid dienone is 7. The Morgan fingerprint density at radius 2 is 1.29 bits per heavy atom. The number of anilines is 1. The normalized spacial score (nSPS) is 19.3. The lowest BCUT2D eigenvalue weighted by atomic mass is 9.71. The third kappa shape index (κ3) is 4.59. The topological polar surface area (TPSA) is 24.9 Å². The number of hydrogen-bond acceptors (Lipinski definition) is 2. The van der Waals surface area contributed by atoms with Crippen LogP contribution >= 0.6 is 0 Å². The first kappa shape index (κ1) is 28.1. The van der Waals surface area contributed by atoms with Crippen molar-refractivity contribution in [3.05, 3.63) is 191 Å². The molecular weight excluding hydrogens is 593 g/mol. The maximum absolute atomic E-state index is 5.50. The van der Waals surface area contributed by atoms with E-state index >= 15 is 0 Å². The van der Waals surface area contributed by atoms with Gasteiger partial charge in [-0.2, -0.15) is 0 Å². The smallest absolute Gasteiger partial charge is 0.0784 e. The fourth-order valence-corrected chi connectivity index (χ4v) is 8.30. The first-order valence-electron chi connectivity index (χ1n) is 17.3. The molecule has 49 heavy (non-hydrogen) atoms. The van der Waals surface area contributed by atoms with Crippen LogP contribution in [0, 0.1) is 0 Å². The van der Waals surface area contributed by atoms with Gasteiger partial charge in [0, 0.05) is 34.0 Å². The monoisotopic (exact) mass is 626 g/mol. The summed E-state index contributed by atoms with van der Waals surface area (Å²) in [4.78, 5) is 5.50. The predicted molar refractivity (Wildman–Crippen MR) is 206 cm³/mol. The van der Waals surface area contributed by atoms with Crippen LogP contribution in [0.3, 0.4) is 0 Å². The minimum Gasteiger partial charge on any atom is -0.374 e. The molecule has 3 atom stereocenters. The van der Waals surface area contributed by atoms with E-state index in [4.69, 9.17) is 4.98 Å². The largest absolute Gasteiger partial charge is 0.374 e. The average Bonchev–Trinajstić information content (AvgIpc) is 3.44. The molecule has 1 N–H and O–H groups in total. The highest BCUT2D eigenvalue weighted by molar-refractivity contribution is 6.05. The lowest BCUT2D eigenvalue weighted by molar-refractivity contribution is 0.700. The zero-order valence-corrected chi connectivity index (χ0v) is 27.1. The summed E-state index contributed by atoms with van der Waals surface area (Å²) in [6.45, 7) is 0. The summed E-state index contributed by atoms with van der Waals surface area (Å²) in [5, 5.41) is 6.31. The predicted octanol–water partition coefficient (Wildman–Crippen LogP) is 11.8. The molecule has 0 bridgehead atoms. The van der Waals surface area contributed by atoms with Crippen molar-refractivity contribution in [2.75, 3.05) is 5.32 Å². The van der Waals surface area contributed by atoms with Crippen molar-refractivity contribution in [3.8, 4) is 33.5 Å². The SMILES string of the molecule is C1=CCc2c(ccc3c2NC(c2ccc(-c4ccc(-c5nc6c(c7ccccc57)-c5ccccc5C5C=CC=CC65)cc4)cc2)C=C3)C=C1. The van der Waals surface area contributed by atoms with Crippen LogP contribution in [-0.2, 0) is 6.42 Å². The summed E-state index contributed by atoms with van der Waals surface area (Å²) in [6.07, 6.45) is 23.2. The van der Waals surface area contributed by atoms with Gasteiger partial charge >= 0.3 is 0 Å². The number of pyridine rings is 1. The van der Waals surface area contributed by atoms with Gasteiger partial charge in [-0.25, -0.2) is 0 Å². The number of aromatic nitrogens is 1. The standard InChI is InChI=1S/C47H34N2/c1-2-10-32-22-27-35-28-29-43(48-45(35)36(32)11-3-1)33-23-18-30(19-24-33)31-20-25-34(26-21-31)46-42-17-9-7-15-40(42)44-39-14-6-4-12-37(39)38-13-5-8-16-41(38)47(44)49-46/h1-10,12-29,38,41,43,48H,11H2. The van der Waals surface area contributed by atoms with E-state index in [1.54, 1.807) is 0 Å². The van der Waals surface area contributed by atoms with Gasteiger partial charge in [0.2, 0.25) is 0 Å². The first-order valence-corrected chi connectivity index (χ1v) is 17.3. The molecule has 0 spiro atoms. The molecule has 2 nitrogen and oxygen atoms in total. The fraction of sp³-hybridized carbons (Fsp3) is 0.0851. The van der Waals surface area contributed by atoms with Crippen molar-refractivity contribution in [1.29, 1.82) is 0 Å². The Bertz CT molecular complexity index is 2440. The molecule has 2 heterocycles. The Hall–Kier alpha value is -5.99. The Kier molecular flexibility index (Phi) is 6.48. The van der Waals surface area contributed by atoms with Crippen molar-refractivity contribution in [2.45, 2.75) is 24.3 Å². The van der Waals surface area contributed by atoms with E-state index in [2.05, 4.69) is 175 Å². The quantitative estimate of drug-likeness (QED) is 0.211. The van der Waals surface area contributed by atoms with Crippen LogP contribution in [0.5, 0.6) is 0 Å². The van der Waals surface area contributed by atoms with Gasteiger partial charge in [0.25, 0.3) is 0 Å². The zero-order valence-electron chi connectivity index (χ0n) is 27.1. The van der Waals surface area contributed by atoms with E-state index in [0.29, 0.717) is 5.92 Å². The molecule has 4 aliphatic rings. The Morgan fingerprint density at radius 3 is 2.14 bits per heavy atom. The summed E-state index contributed by atoms with van der Waals surface area (Å²) in [5.74, 6) is 0.528. The van der Waals surface area contributed by atoms with Crippen LogP contribution in [0.2, 0.25) is 0 Å². The fourth-order valence-electron chi connectivity index (χ4n) is 8.30. The van der Waals surface area contributed by atoms with Gasteiger partial charge in [-0.15, -0.1) is 0 Å².